The summed E-state index contributed by atoms with van der Waals surface area (Å²) in [5.74, 6) is 2.15. The van der Waals surface area contributed by atoms with Crippen molar-refractivity contribution in [1.29, 1.82) is 0 Å². The minimum atomic E-state index is 0.534. The SMILES string of the molecule is Cc1noc(CCN[C@@H]2C[C@H](C)CN(Cc3ccccc3)C2)n1. The normalized spacial score (nSPS) is 22.3. The molecule has 1 saturated heterocycles. The van der Waals surface area contributed by atoms with Gasteiger partial charge in [0, 0.05) is 38.6 Å². The van der Waals surface area contributed by atoms with Crippen molar-refractivity contribution in [2.75, 3.05) is 19.6 Å². The second-order valence-electron chi connectivity index (χ2n) is 6.66. The van der Waals surface area contributed by atoms with E-state index in [4.69, 9.17) is 4.52 Å². The Morgan fingerprint density at radius 2 is 2.09 bits per heavy atom. The maximum atomic E-state index is 5.16. The predicted molar refractivity (Wildman–Crippen MR) is 90.0 cm³/mol. The Kier molecular flexibility index (Phi) is 5.41. The molecule has 0 aliphatic carbocycles. The lowest BCUT2D eigenvalue weighted by Gasteiger charge is -2.37. The number of aryl methyl sites for hydroxylation is 1. The van der Waals surface area contributed by atoms with Crippen LogP contribution in [0, 0.1) is 12.8 Å². The largest absolute Gasteiger partial charge is 0.339 e. The van der Waals surface area contributed by atoms with Crippen LogP contribution < -0.4 is 5.32 Å². The highest BCUT2D eigenvalue weighted by molar-refractivity contribution is 5.14. The molecule has 0 radical (unpaired) electrons. The lowest BCUT2D eigenvalue weighted by atomic mass is 9.95. The summed E-state index contributed by atoms with van der Waals surface area (Å²) in [6.07, 6.45) is 2.03. The van der Waals surface area contributed by atoms with E-state index in [-0.39, 0.29) is 0 Å². The zero-order chi connectivity index (χ0) is 16.1. The summed E-state index contributed by atoms with van der Waals surface area (Å²) in [5, 5.41) is 7.49. The fourth-order valence-electron chi connectivity index (χ4n) is 3.41. The topological polar surface area (TPSA) is 54.2 Å². The van der Waals surface area contributed by atoms with Crippen LogP contribution in [0.15, 0.2) is 34.9 Å². The molecule has 5 heteroatoms. The van der Waals surface area contributed by atoms with Gasteiger partial charge in [-0.05, 0) is 24.8 Å². The van der Waals surface area contributed by atoms with Crippen LogP contribution in [-0.2, 0) is 13.0 Å². The number of likely N-dealkylation sites (tertiary alicyclic amines) is 1. The van der Waals surface area contributed by atoms with Crippen LogP contribution in [0.5, 0.6) is 0 Å². The molecule has 0 saturated carbocycles. The molecule has 1 aliphatic heterocycles. The van der Waals surface area contributed by atoms with Crippen LogP contribution >= 0.6 is 0 Å². The molecule has 124 valence electrons. The van der Waals surface area contributed by atoms with Gasteiger partial charge in [0.2, 0.25) is 5.89 Å². The molecule has 0 bridgehead atoms. The average molecular weight is 314 g/mol. The van der Waals surface area contributed by atoms with E-state index in [0.29, 0.717) is 11.9 Å². The van der Waals surface area contributed by atoms with Crippen LogP contribution in [0.25, 0.3) is 0 Å². The van der Waals surface area contributed by atoms with E-state index in [1.807, 2.05) is 6.92 Å². The van der Waals surface area contributed by atoms with Crippen molar-refractivity contribution in [2.45, 2.75) is 39.3 Å². The highest BCUT2D eigenvalue weighted by Crippen LogP contribution is 2.18. The number of nitrogens with one attached hydrogen (secondary N) is 1. The molecule has 3 rings (SSSR count). The smallest absolute Gasteiger partial charge is 0.227 e. The Labute approximate surface area is 138 Å². The van der Waals surface area contributed by atoms with Gasteiger partial charge in [0.1, 0.15) is 0 Å². The van der Waals surface area contributed by atoms with Crippen molar-refractivity contribution >= 4 is 0 Å². The molecule has 0 spiro atoms. The molecule has 0 amide bonds. The van der Waals surface area contributed by atoms with Crippen molar-refractivity contribution < 1.29 is 4.52 Å². The number of piperidine rings is 1. The number of rotatable bonds is 6. The number of hydrogen-bond donors (Lipinski definition) is 1. The van der Waals surface area contributed by atoms with Gasteiger partial charge in [-0.2, -0.15) is 4.98 Å². The number of hydrogen-bond acceptors (Lipinski definition) is 5. The lowest BCUT2D eigenvalue weighted by Crippen LogP contribution is -2.48. The minimum absolute atomic E-state index is 0.534. The van der Waals surface area contributed by atoms with Crippen molar-refractivity contribution in [1.82, 2.24) is 20.4 Å². The second kappa shape index (κ2) is 7.70. The van der Waals surface area contributed by atoms with Gasteiger partial charge in [-0.3, -0.25) is 4.90 Å². The van der Waals surface area contributed by atoms with Crippen LogP contribution in [0.4, 0.5) is 0 Å². The molecular weight excluding hydrogens is 288 g/mol. The van der Waals surface area contributed by atoms with Gasteiger partial charge in [0.25, 0.3) is 0 Å². The summed E-state index contributed by atoms with van der Waals surface area (Å²) in [5.41, 5.74) is 1.39. The van der Waals surface area contributed by atoms with Crippen molar-refractivity contribution in [2.24, 2.45) is 5.92 Å². The third kappa shape index (κ3) is 4.88. The van der Waals surface area contributed by atoms with E-state index in [0.717, 1.165) is 37.9 Å². The van der Waals surface area contributed by atoms with Gasteiger partial charge in [0.05, 0.1) is 0 Å². The van der Waals surface area contributed by atoms with E-state index in [2.05, 4.69) is 57.6 Å². The van der Waals surface area contributed by atoms with Gasteiger partial charge in [-0.25, -0.2) is 0 Å². The van der Waals surface area contributed by atoms with Gasteiger partial charge in [-0.1, -0.05) is 42.4 Å². The summed E-state index contributed by atoms with van der Waals surface area (Å²) in [4.78, 5) is 6.80. The monoisotopic (exact) mass is 314 g/mol. The molecule has 2 heterocycles. The molecule has 1 N–H and O–H groups in total. The van der Waals surface area contributed by atoms with Gasteiger partial charge in [-0.15, -0.1) is 0 Å². The molecule has 2 aromatic rings. The Morgan fingerprint density at radius 1 is 1.26 bits per heavy atom. The molecule has 23 heavy (non-hydrogen) atoms. The molecule has 1 aromatic heterocycles. The first-order valence-corrected chi connectivity index (χ1v) is 8.48. The van der Waals surface area contributed by atoms with Gasteiger partial charge < -0.3 is 9.84 Å². The number of benzene rings is 1. The molecule has 1 fully saturated rings. The Balaban J connectivity index is 1.47. The zero-order valence-corrected chi connectivity index (χ0v) is 14.0. The fraction of sp³-hybridized carbons (Fsp3) is 0.556. The van der Waals surface area contributed by atoms with Crippen molar-refractivity contribution in [3.8, 4) is 0 Å². The summed E-state index contributed by atoms with van der Waals surface area (Å²) in [6, 6.07) is 11.3. The third-order valence-electron chi connectivity index (χ3n) is 4.33. The van der Waals surface area contributed by atoms with E-state index < -0.39 is 0 Å². The molecule has 1 aromatic carbocycles. The summed E-state index contributed by atoms with van der Waals surface area (Å²) < 4.78 is 5.16. The lowest BCUT2D eigenvalue weighted by molar-refractivity contribution is 0.142. The summed E-state index contributed by atoms with van der Waals surface area (Å²) in [6.45, 7) is 8.39. The molecule has 0 unspecified atom stereocenters. The van der Waals surface area contributed by atoms with Crippen molar-refractivity contribution in [3.05, 3.63) is 47.6 Å². The first kappa shape index (κ1) is 16.1. The summed E-state index contributed by atoms with van der Waals surface area (Å²) in [7, 11) is 0. The fourth-order valence-corrected chi connectivity index (χ4v) is 3.41. The van der Waals surface area contributed by atoms with Crippen LogP contribution in [-0.4, -0.2) is 40.7 Å². The zero-order valence-electron chi connectivity index (χ0n) is 14.0. The average Bonchev–Trinajstić information content (AvgIpc) is 2.93. The first-order chi connectivity index (χ1) is 11.2. The first-order valence-electron chi connectivity index (χ1n) is 8.48. The predicted octanol–water partition coefficient (Wildman–Crippen LogP) is 2.42. The maximum Gasteiger partial charge on any atom is 0.227 e. The van der Waals surface area contributed by atoms with E-state index in [1.54, 1.807) is 0 Å². The Morgan fingerprint density at radius 3 is 2.83 bits per heavy atom. The highest BCUT2D eigenvalue weighted by atomic mass is 16.5. The maximum absolute atomic E-state index is 5.16. The molecule has 2 atom stereocenters. The standard InChI is InChI=1S/C18H26N4O/c1-14-10-17(19-9-8-18-20-15(2)21-23-18)13-22(11-14)12-16-6-4-3-5-7-16/h3-7,14,17,19H,8-13H2,1-2H3/t14-,17+/m0/s1. The molecular formula is C18H26N4O. The van der Waals surface area contributed by atoms with E-state index in [9.17, 15) is 0 Å². The van der Waals surface area contributed by atoms with Gasteiger partial charge in [0.15, 0.2) is 5.82 Å². The highest BCUT2D eigenvalue weighted by Gasteiger charge is 2.24. The van der Waals surface area contributed by atoms with Crippen LogP contribution in [0.2, 0.25) is 0 Å². The second-order valence-corrected chi connectivity index (χ2v) is 6.66. The van der Waals surface area contributed by atoms with Crippen LogP contribution in [0.1, 0.15) is 30.6 Å². The molecule has 5 nitrogen and oxygen atoms in total. The van der Waals surface area contributed by atoms with E-state index in [1.165, 1.54) is 18.5 Å². The third-order valence-corrected chi connectivity index (χ3v) is 4.33. The summed E-state index contributed by atoms with van der Waals surface area (Å²) >= 11 is 0. The Hall–Kier alpha value is -1.72. The van der Waals surface area contributed by atoms with E-state index >= 15 is 0 Å². The minimum Gasteiger partial charge on any atom is -0.339 e. The molecule has 1 aliphatic rings. The number of aromatic nitrogens is 2. The Bertz CT molecular complexity index is 598. The quantitative estimate of drug-likeness (QED) is 0.887. The van der Waals surface area contributed by atoms with Crippen LogP contribution in [0.3, 0.4) is 0 Å². The van der Waals surface area contributed by atoms with Crippen molar-refractivity contribution in [3.63, 3.8) is 0 Å². The van der Waals surface area contributed by atoms with Gasteiger partial charge >= 0.3 is 0 Å². The number of nitrogens with zero attached hydrogens (tertiary/aromatic N) is 3.